The lowest BCUT2D eigenvalue weighted by Crippen LogP contribution is -2.41. The Labute approximate surface area is 108 Å². The van der Waals surface area contributed by atoms with Crippen LogP contribution in [0.3, 0.4) is 0 Å². The molecule has 0 radical (unpaired) electrons. The van der Waals surface area contributed by atoms with Gasteiger partial charge in [0, 0.05) is 19.2 Å². The summed E-state index contributed by atoms with van der Waals surface area (Å²) in [6, 6.07) is 3.77. The zero-order chi connectivity index (χ0) is 13.1. The van der Waals surface area contributed by atoms with Gasteiger partial charge in [-0.2, -0.15) is 0 Å². The zero-order valence-electron chi connectivity index (χ0n) is 11.3. The van der Waals surface area contributed by atoms with Crippen molar-refractivity contribution >= 4 is 12.0 Å². The second kappa shape index (κ2) is 5.42. The fourth-order valence-electron chi connectivity index (χ4n) is 2.64. The quantitative estimate of drug-likeness (QED) is 0.752. The van der Waals surface area contributed by atoms with Gasteiger partial charge < -0.3 is 9.32 Å². The van der Waals surface area contributed by atoms with E-state index in [0.717, 1.165) is 24.6 Å². The van der Waals surface area contributed by atoms with E-state index < -0.39 is 0 Å². The van der Waals surface area contributed by atoms with E-state index in [1.54, 1.807) is 12.2 Å². The van der Waals surface area contributed by atoms with Crippen LogP contribution in [0.25, 0.3) is 6.08 Å². The van der Waals surface area contributed by atoms with Crippen LogP contribution in [-0.2, 0) is 4.79 Å². The zero-order valence-corrected chi connectivity index (χ0v) is 11.3. The largest absolute Gasteiger partial charge is 0.462 e. The minimum absolute atomic E-state index is 0.0856. The number of amides is 1. The first kappa shape index (κ1) is 12.9. The van der Waals surface area contributed by atoms with E-state index in [4.69, 9.17) is 4.42 Å². The molecule has 3 nitrogen and oxygen atoms in total. The Morgan fingerprint density at radius 1 is 1.33 bits per heavy atom. The van der Waals surface area contributed by atoms with Gasteiger partial charge in [0.15, 0.2) is 0 Å². The van der Waals surface area contributed by atoms with Gasteiger partial charge in [-0.15, -0.1) is 0 Å². The minimum Gasteiger partial charge on any atom is -0.462 e. The van der Waals surface area contributed by atoms with Crippen LogP contribution in [0.15, 0.2) is 22.6 Å². The number of aryl methyl sites for hydroxylation is 1. The van der Waals surface area contributed by atoms with Crippen molar-refractivity contribution in [2.45, 2.75) is 27.2 Å². The van der Waals surface area contributed by atoms with E-state index in [2.05, 4.69) is 13.8 Å². The minimum atomic E-state index is 0.0856. The van der Waals surface area contributed by atoms with Crippen LogP contribution in [0.4, 0.5) is 0 Å². The molecule has 1 fully saturated rings. The molecule has 0 aromatic carbocycles. The molecule has 2 rings (SSSR count). The van der Waals surface area contributed by atoms with Gasteiger partial charge in [-0.25, -0.2) is 0 Å². The number of carbonyl (C=O) groups excluding carboxylic acids is 1. The molecule has 2 unspecified atom stereocenters. The summed E-state index contributed by atoms with van der Waals surface area (Å²) in [6.07, 6.45) is 4.58. The van der Waals surface area contributed by atoms with Crippen molar-refractivity contribution in [2.75, 3.05) is 13.1 Å². The van der Waals surface area contributed by atoms with Crippen LogP contribution >= 0.6 is 0 Å². The monoisotopic (exact) mass is 247 g/mol. The Morgan fingerprint density at radius 3 is 2.56 bits per heavy atom. The Morgan fingerprint density at radius 2 is 2.00 bits per heavy atom. The molecular formula is C15H21NO2. The molecule has 3 heteroatoms. The van der Waals surface area contributed by atoms with Crippen molar-refractivity contribution < 1.29 is 9.21 Å². The maximum Gasteiger partial charge on any atom is 0.246 e. The second-order valence-electron chi connectivity index (χ2n) is 5.47. The molecule has 1 aromatic heterocycles. The second-order valence-corrected chi connectivity index (χ2v) is 5.47. The first-order valence-electron chi connectivity index (χ1n) is 6.58. The van der Waals surface area contributed by atoms with Gasteiger partial charge in [0.2, 0.25) is 5.91 Å². The number of carbonyl (C=O) groups is 1. The predicted molar refractivity (Wildman–Crippen MR) is 72.0 cm³/mol. The number of hydrogen-bond acceptors (Lipinski definition) is 2. The molecule has 1 saturated heterocycles. The molecule has 1 aromatic rings. The van der Waals surface area contributed by atoms with Crippen LogP contribution in [0.5, 0.6) is 0 Å². The molecule has 18 heavy (non-hydrogen) atoms. The van der Waals surface area contributed by atoms with Crippen molar-refractivity contribution in [3.05, 3.63) is 29.7 Å². The number of furan rings is 1. The molecule has 0 bridgehead atoms. The number of likely N-dealkylation sites (tertiary alicyclic amines) is 1. The molecule has 0 saturated carbocycles. The summed E-state index contributed by atoms with van der Waals surface area (Å²) in [5.41, 5.74) is 0. The standard InChI is InChI=1S/C15H21NO2/c1-11-8-12(2)10-16(9-11)15(17)7-6-14-5-4-13(3)18-14/h4-7,11-12H,8-10H2,1-3H3/b7-6+. The summed E-state index contributed by atoms with van der Waals surface area (Å²) in [5, 5.41) is 0. The van der Waals surface area contributed by atoms with E-state index in [9.17, 15) is 4.79 Å². The third-order valence-corrected chi connectivity index (χ3v) is 3.33. The topological polar surface area (TPSA) is 33.5 Å². The number of hydrogen-bond donors (Lipinski definition) is 0. The van der Waals surface area contributed by atoms with Crippen molar-refractivity contribution in [2.24, 2.45) is 11.8 Å². The van der Waals surface area contributed by atoms with Gasteiger partial charge in [0.05, 0.1) is 0 Å². The molecule has 1 aliphatic heterocycles. The summed E-state index contributed by atoms with van der Waals surface area (Å²) in [5.74, 6) is 2.87. The molecule has 0 spiro atoms. The lowest BCUT2D eigenvalue weighted by molar-refractivity contribution is -0.128. The van der Waals surface area contributed by atoms with E-state index in [1.165, 1.54) is 6.42 Å². The van der Waals surface area contributed by atoms with Gasteiger partial charge in [-0.05, 0) is 43.4 Å². The normalized spacial score (nSPS) is 24.7. The predicted octanol–water partition coefficient (Wildman–Crippen LogP) is 3.11. The maximum absolute atomic E-state index is 12.1. The number of piperidine rings is 1. The highest BCUT2D eigenvalue weighted by Crippen LogP contribution is 2.21. The molecule has 98 valence electrons. The van der Waals surface area contributed by atoms with E-state index >= 15 is 0 Å². The van der Waals surface area contributed by atoms with Gasteiger partial charge in [0.25, 0.3) is 0 Å². The Bertz CT molecular complexity index is 437. The van der Waals surface area contributed by atoms with E-state index in [0.29, 0.717) is 11.8 Å². The summed E-state index contributed by atoms with van der Waals surface area (Å²) in [4.78, 5) is 14.0. The van der Waals surface area contributed by atoms with Crippen LogP contribution in [0, 0.1) is 18.8 Å². The van der Waals surface area contributed by atoms with Gasteiger partial charge in [-0.3, -0.25) is 4.79 Å². The summed E-state index contributed by atoms with van der Waals surface area (Å²) >= 11 is 0. The number of rotatable bonds is 2. The van der Waals surface area contributed by atoms with Crippen LogP contribution in [0.2, 0.25) is 0 Å². The lowest BCUT2D eigenvalue weighted by Gasteiger charge is -2.34. The van der Waals surface area contributed by atoms with Crippen molar-refractivity contribution in [3.63, 3.8) is 0 Å². The van der Waals surface area contributed by atoms with Gasteiger partial charge in [-0.1, -0.05) is 13.8 Å². The molecule has 0 N–H and O–H groups in total. The van der Waals surface area contributed by atoms with Crippen LogP contribution in [-0.4, -0.2) is 23.9 Å². The Hall–Kier alpha value is -1.51. The fraction of sp³-hybridized carbons (Fsp3) is 0.533. The molecule has 2 atom stereocenters. The Balaban J connectivity index is 1.97. The average Bonchev–Trinajstić information content (AvgIpc) is 2.70. The fourth-order valence-corrected chi connectivity index (χ4v) is 2.64. The van der Waals surface area contributed by atoms with E-state index in [1.807, 2.05) is 24.0 Å². The van der Waals surface area contributed by atoms with Crippen molar-refractivity contribution in [1.82, 2.24) is 4.90 Å². The third-order valence-electron chi connectivity index (χ3n) is 3.33. The third kappa shape index (κ3) is 3.25. The van der Waals surface area contributed by atoms with E-state index in [-0.39, 0.29) is 5.91 Å². The summed E-state index contributed by atoms with van der Waals surface area (Å²) < 4.78 is 5.41. The molecule has 0 aliphatic carbocycles. The average molecular weight is 247 g/mol. The highest BCUT2D eigenvalue weighted by atomic mass is 16.3. The number of nitrogens with zero attached hydrogens (tertiary/aromatic N) is 1. The van der Waals surface area contributed by atoms with Crippen molar-refractivity contribution in [3.8, 4) is 0 Å². The lowest BCUT2D eigenvalue weighted by atomic mass is 9.92. The van der Waals surface area contributed by atoms with Gasteiger partial charge in [0.1, 0.15) is 11.5 Å². The molecular weight excluding hydrogens is 226 g/mol. The highest BCUT2D eigenvalue weighted by Gasteiger charge is 2.23. The SMILES string of the molecule is Cc1ccc(/C=C/C(=O)N2CC(C)CC(C)C2)o1. The first-order chi connectivity index (χ1) is 8.54. The molecule has 1 aliphatic rings. The summed E-state index contributed by atoms with van der Waals surface area (Å²) in [7, 11) is 0. The van der Waals surface area contributed by atoms with Crippen LogP contribution in [0.1, 0.15) is 31.8 Å². The summed E-state index contributed by atoms with van der Waals surface area (Å²) in [6.45, 7) is 8.04. The highest BCUT2D eigenvalue weighted by molar-refractivity contribution is 5.91. The molecule has 2 heterocycles. The van der Waals surface area contributed by atoms with Crippen LogP contribution < -0.4 is 0 Å². The maximum atomic E-state index is 12.1. The Kier molecular flexibility index (Phi) is 3.90. The first-order valence-corrected chi connectivity index (χ1v) is 6.58. The van der Waals surface area contributed by atoms with Crippen molar-refractivity contribution in [1.29, 1.82) is 0 Å². The molecule has 1 amide bonds. The smallest absolute Gasteiger partial charge is 0.246 e. The van der Waals surface area contributed by atoms with Gasteiger partial charge >= 0.3 is 0 Å².